The second-order valence-electron chi connectivity index (χ2n) is 5.54. The first-order valence-electron chi connectivity index (χ1n) is 7.49. The van der Waals surface area contributed by atoms with E-state index in [0.717, 1.165) is 4.90 Å². The van der Waals surface area contributed by atoms with Crippen LogP contribution in [-0.2, 0) is 14.3 Å². The third-order valence-corrected chi connectivity index (χ3v) is 4.13. The molecule has 1 fully saturated rings. The highest BCUT2D eigenvalue weighted by Gasteiger charge is 2.35. The maximum absolute atomic E-state index is 14.2. The van der Waals surface area contributed by atoms with Crippen LogP contribution in [0.3, 0.4) is 0 Å². The van der Waals surface area contributed by atoms with Crippen LogP contribution in [0.25, 0.3) is 0 Å². The molecule has 1 amide bonds. The van der Waals surface area contributed by atoms with E-state index in [4.69, 9.17) is 9.84 Å². The summed E-state index contributed by atoms with van der Waals surface area (Å²) in [6.45, 7) is 3.31. The molecule has 7 heteroatoms. The molecule has 0 aliphatic carbocycles. The van der Waals surface area contributed by atoms with Gasteiger partial charge in [0.1, 0.15) is 17.9 Å². The Kier molecular flexibility index (Phi) is 5.68. The SMILES string of the molecule is CC(C(=O)O)N(C)C(=O)C(c1ccccc1F)N1CCOCC1. The van der Waals surface area contributed by atoms with E-state index in [-0.39, 0.29) is 5.56 Å². The van der Waals surface area contributed by atoms with E-state index < -0.39 is 29.8 Å². The molecule has 0 radical (unpaired) electrons. The lowest BCUT2D eigenvalue weighted by Gasteiger charge is -2.36. The van der Waals surface area contributed by atoms with Crippen molar-refractivity contribution in [3.63, 3.8) is 0 Å². The van der Waals surface area contributed by atoms with Crippen LogP contribution >= 0.6 is 0 Å². The predicted molar refractivity (Wildman–Crippen MR) is 81.4 cm³/mol. The number of carboxylic acids is 1. The van der Waals surface area contributed by atoms with Crippen LogP contribution < -0.4 is 0 Å². The summed E-state index contributed by atoms with van der Waals surface area (Å²) < 4.78 is 19.5. The summed E-state index contributed by atoms with van der Waals surface area (Å²) in [5.41, 5.74) is 0.254. The normalized spacial score (nSPS) is 18.2. The lowest BCUT2D eigenvalue weighted by atomic mass is 10.0. The maximum atomic E-state index is 14.2. The fourth-order valence-corrected chi connectivity index (χ4v) is 2.57. The number of morpholine rings is 1. The lowest BCUT2D eigenvalue weighted by Crippen LogP contribution is -2.50. The molecular formula is C16H21FN2O4. The molecular weight excluding hydrogens is 303 g/mol. The van der Waals surface area contributed by atoms with Gasteiger partial charge in [-0.3, -0.25) is 9.69 Å². The Morgan fingerprint density at radius 2 is 1.91 bits per heavy atom. The van der Waals surface area contributed by atoms with Crippen LogP contribution in [0.2, 0.25) is 0 Å². The number of nitrogens with zero attached hydrogens (tertiary/aromatic N) is 2. The molecule has 1 saturated heterocycles. The van der Waals surface area contributed by atoms with E-state index >= 15 is 0 Å². The van der Waals surface area contributed by atoms with Crippen LogP contribution in [0.4, 0.5) is 4.39 Å². The molecule has 0 aromatic heterocycles. The molecule has 2 unspecified atom stereocenters. The number of hydrogen-bond acceptors (Lipinski definition) is 4. The van der Waals surface area contributed by atoms with Crippen molar-refractivity contribution in [1.29, 1.82) is 0 Å². The smallest absolute Gasteiger partial charge is 0.326 e. The molecule has 0 bridgehead atoms. The van der Waals surface area contributed by atoms with Crippen molar-refractivity contribution in [2.24, 2.45) is 0 Å². The van der Waals surface area contributed by atoms with E-state index in [1.165, 1.54) is 20.0 Å². The Balaban J connectivity index is 2.35. The standard InChI is InChI=1S/C16H21FN2O4/c1-11(16(21)22)18(2)15(20)14(19-7-9-23-10-8-19)12-5-3-4-6-13(12)17/h3-6,11,14H,7-10H2,1-2H3,(H,21,22). The Morgan fingerprint density at radius 3 is 2.48 bits per heavy atom. The van der Waals surface area contributed by atoms with Crippen molar-refractivity contribution in [3.05, 3.63) is 35.6 Å². The van der Waals surface area contributed by atoms with Gasteiger partial charge < -0.3 is 14.7 Å². The number of rotatable bonds is 5. The molecule has 1 aliphatic heterocycles. The number of aliphatic carboxylic acids is 1. The van der Waals surface area contributed by atoms with Gasteiger partial charge >= 0.3 is 5.97 Å². The highest BCUT2D eigenvalue weighted by atomic mass is 19.1. The zero-order valence-corrected chi connectivity index (χ0v) is 13.2. The summed E-state index contributed by atoms with van der Waals surface area (Å²) in [5, 5.41) is 9.12. The first-order valence-corrected chi connectivity index (χ1v) is 7.49. The minimum absolute atomic E-state index is 0.254. The van der Waals surface area contributed by atoms with Gasteiger partial charge in [-0.05, 0) is 13.0 Å². The fraction of sp³-hybridized carbons (Fsp3) is 0.500. The molecule has 126 valence electrons. The van der Waals surface area contributed by atoms with Gasteiger partial charge in [-0.15, -0.1) is 0 Å². The zero-order valence-electron chi connectivity index (χ0n) is 13.2. The fourth-order valence-electron chi connectivity index (χ4n) is 2.57. The van der Waals surface area contributed by atoms with Crippen LogP contribution in [0, 0.1) is 5.82 Å². The topological polar surface area (TPSA) is 70.1 Å². The number of benzene rings is 1. The van der Waals surface area contributed by atoms with Crippen molar-refractivity contribution < 1.29 is 23.8 Å². The van der Waals surface area contributed by atoms with Gasteiger partial charge in [0.05, 0.1) is 13.2 Å². The minimum Gasteiger partial charge on any atom is -0.480 e. The van der Waals surface area contributed by atoms with Crippen molar-refractivity contribution in [2.45, 2.75) is 19.0 Å². The monoisotopic (exact) mass is 324 g/mol. The van der Waals surface area contributed by atoms with E-state index in [1.54, 1.807) is 18.2 Å². The van der Waals surface area contributed by atoms with Crippen LogP contribution in [0.1, 0.15) is 18.5 Å². The predicted octanol–water partition coefficient (Wildman–Crippen LogP) is 1.13. The van der Waals surface area contributed by atoms with Crippen molar-refractivity contribution in [2.75, 3.05) is 33.4 Å². The summed E-state index contributed by atoms with van der Waals surface area (Å²) >= 11 is 0. The van der Waals surface area contributed by atoms with Crippen molar-refractivity contribution >= 4 is 11.9 Å². The molecule has 0 spiro atoms. The minimum atomic E-state index is -1.10. The molecule has 0 saturated carbocycles. The highest BCUT2D eigenvalue weighted by molar-refractivity contribution is 5.87. The molecule has 6 nitrogen and oxygen atoms in total. The Hall–Kier alpha value is -1.99. The second kappa shape index (κ2) is 7.52. The van der Waals surface area contributed by atoms with Gasteiger partial charge in [0, 0.05) is 25.7 Å². The van der Waals surface area contributed by atoms with Gasteiger partial charge in [-0.2, -0.15) is 0 Å². The zero-order chi connectivity index (χ0) is 17.0. The van der Waals surface area contributed by atoms with E-state index in [1.807, 2.05) is 4.90 Å². The number of halogens is 1. The van der Waals surface area contributed by atoms with Crippen LogP contribution in [0.15, 0.2) is 24.3 Å². The summed E-state index contributed by atoms with van der Waals surface area (Å²) in [6, 6.07) is 4.25. The second-order valence-corrected chi connectivity index (χ2v) is 5.54. The van der Waals surface area contributed by atoms with Gasteiger partial charge in [-0.1, -0.05) is 18.2 Å². The average Bonchev–Trinajstić information content (AvgIpc) is 2.56. The maximum Gasteiger partial charge on any atom is 0.326 e. The van der Waals surface area contributed by atoms with Gasteiger partial charge in [0.2, 0.25) is 5.91 Å². The van der Waals surface area contributed by atoms with Gasteiger partial charge in [0.25, 0.3) is 0 Å². The quantitative estimate of drug-likeness (QED) is 0.879. The average molecular weight is 324 g/mol. The molecule has 1 aromatic carbocycles. The number of carboxylic acid groups (broad SMARTS) is 1. The third kappa shape index (κ3) is 3.86. The molecule has 1 aliphatic rings. The summed E-state index contributed by atoms with van der Waals surface area (Å²) in [6.07, 6.45) is 0. The summed E-state index contributed by atoms with van der Waals surface area (Å²) in [4.78, 5) is 27.0. The lowest BCUT2D eigenvalue weighted by molar-refractivity contribution is -0.151. The number of hydrogen-bond donors (Lipinski definition) is 1. The molecule has 2 rings (SSSR count). The van der Waals surface area contributed by atoms with Crippen molar-refractivity contribution in [1.82, 2.24) is 9.80 Å². The first-order chi connectivity index (χ1) is 10.9. The van der Waals surface area contributed by atoms with E-state index in [0.29, 0.717) is 26.3 Å². The summed E-state index contributed by atoms with van der Waals surface area (Å²) in [5.74, 6) is -2.02. The number of ether oxygens (including phenoxy) is 1. The Bertz CT molecular complexity index is 575. The highest BCUT2D eigenvalue weighted by Crippen LogP contribution is 2.26. The van der Waals surface area contributed by atoms with Crippen molar-refractivity contribution in [3.8, 4) is 0 Å². The largest absolute Gasteiger partial charge is 0.480 e. The van der Waals surface area contributed by atoms with Gasteiger partial charge in [0.15, 0.2) is 0 Å². The third-order valence-electron chi connectivity index (χ3n) is 4.13. The Morgan fingerprint density at radius 1 is 1.30 bits per heavy atom. The van der Waals surface area contributed by atoms with E-state index in [9.17, 15) is 14.0 Å². The number of amides is 1. The molecule has 1 heterocycles. The molecule has 1 N–H and O–H groups in total. The van der Waals surface area contributed by atoms with Crippen LogP contribution in [-0.4, -0.2) is 66.2 Å². The Labute approximate surface area is 134 Å². The molecule has 23 heavy (non-hydrogen) atoms. The first kappa shape index (κ1) is 17.4. The summed E-state index contributed by atoms with van der Waals surface area (Å²) in [7, 11) is 1.43. The number of carbonyl (C=O) groups excluding carboxylic acids is 1. The van der Waals surface area contributed by atoms with E-state index in [2.05, 4.69) is 0 Å². The molecule has 1 aromatic rings. The molecule has 2 atom stereocenters. The van der Waals surface area contributed by atoms with Crippen LogP contribution in [0.5, 0.6) is 0 Å². The number of carbonyl (C=O) groups is 2. The van der Waals surface area contributed by atoms with Gasteiger partial charge in [-0.25, -0.2) is 9.18 Å². The number of likely N-dealkylation sites (N-methyl/N-ethyl adjacent to an activating group) is 1.